The molecule has 1 fully saturated rings. The van der Waals surface area contributed by atoms with E-state index >= 15 is 0 Å². The summed E-state index contributed by atoms with van der Waals surface area (Å²) in [5, 5.41) is 0. The maximum atomic E-state index is 5.76. The van der Waals surface area contributed by atoms with E-state index in [0.29, 0.717) is 6.61 Å². The van der Waals surface area contributed by atoms with Crippen molar-refractivity contribution >= 4 is 11.8 Å². The fourth-order valence-electron chi connectivity index (χ4n) is 2.01. The van der Waals surface area contributed by atoms with Crippen LogP contribution in [0, 0.1) is 0 Å². The molecule has 1 aliphatic rings. The smallest absolute Gasteiger partial charge is 0.128 e. The minimum atomic E-state index is 0.197. The van der Waals surface area contributed by atoms with E-state index in [-0.39, 0.29) is 5.44 Å². The van der Waals surface area contributed by atoms with Crippen LogP contribution in [0.25, 0.3) is 0 Å². The Morgan fingerprint density at radius 3 is 2.53 bits per heavy atom. The third-order valence-corrected chi connectivity index (χ3v) is 4.14. The van der Waals surface area contributed by atoms with E-state index in [0.717, 1.165) is 18.1 Å². The van der Waals surface area contributed by atoms with Crippen LogP contribution in [-0.4, -0.2) is 12.4 Å². The van der Waals surface area contributed by atoms with E-state index in [2.05, 4.69) is 24.3 Å². The first-order valence-corrected chi connectivity index (χ1v) is 7.46. The summed E-state index contributed by atoms with van der Waals surface area (Å²) in [5.41, 5.74) is 2.60. The molecule has 0 radical (unpaired) electrons. The summed E-state index contributed by atoms with van der Waals surface area (Å²) < 4.78 is 11.4. The second kappa shape index (κ2) is 6.13. The standard InChI is InChI=1S/C16H16O2S/c1-2-4-13(5-3-1)12-18-15-8-6-14(7-9-15)16-17-10-11-19-16/h1-9,16H,10-12H2. The summed E-state index contributed by atoms with van der Waals surface area (Å²) in [6.07, 6.45) is 0. The molecule has 0 aromatic heterocycles. The molecule has 19 heavy (non-hydrogen) atoms. The second-order valence-corrected chi connectivity index (χ2v) is 5.59. The van der Waals surface area contributed by atoms with E-state index in [1.165, 1.54) is 11.1 Å². The fraction of sp³-hybridized carbons (Fsp3) is 0.250. The molecule has 1 saturated heterocycles. The largest absolute Gasteiger partial charge is 0.489 e. The first kappa shape index (κ1) is 12.6. The average Bonchev–Trinajstić information content (AvgIpc) is 3.01. The molecule has 0 spiro atoms. The number of hydrogen-bond donors (Lipinski definition) is 0. The van der Waals surface area contributed by atoms with Crippen LogP contribution in [0.5, 0.6) is 5.75 Å². The van der Waals surface area contributed by atoms with Crippen molar-refractivity contribution in [2.75, 3.05) is 12.4 Å². The van der Waals surface area contributed by atoms with E-state index in [1.807, 2.05) is 42.1 Å². The summed E-state index contributed by atoms with van der Waals surface area (Å²) in [6.45, 7) is 1.45. The maximum absolute atomic E-state index is 5.76. The van der Waals surface area contributed by atoms with Crippen molar-refractivity contribution < 1.29 is 9.47 Å². The van der Waals surface area contributed by atoms with Gasteiger partial charge in [-0.3, -0.25) is 0 Å². The van der Waals surface area contributed by atoms with Crippen molar-refractivity contribution in [3.8, 4) is 5.75 Å². The summed E-state index contributed by atoms with van der Waals surface area (Å²) in [5.74, 6) is 1.98. The van der Waals surface area contributed by atoms with E-state index in [9.17, 15) is 0 Å². The predicted octanol–water partition coefficient (Wildman–Crippen LogP) is 4.03. The lowest BCUT2D eigenvalue weighted by Crippen LogP contribution is -1.96. The molecule has 0 N–H and O–H groups in total. The second-order valence-electron chi connectivity index (χ2n) is 4.42. The van der Waals surface area contributed by atoms with E-state index in [1.54, 1.807) is 0 Å². The summed E-state index contributed by atoms with van der Waals surface area (Å²) >= 11 is 1.85. The van der Waals surface area contributed by atoms with Crippen LogP contribution in [0.2, 0.25) is 0 Å². The molecule has 98 valence electrons. The Labute approximate surface area is 117 Å². The van der Waals surface area contributed by atoms with Gasteiger partial charge >= 0.3 is 0 Å². The molecule has 1 heterocycles. The predicted molar refractivity (Wildman–Crippen MR) is 78.4 cm³/mol. The van der Waals surface area contributed by atoms with Gasteiger partial charge in [0.15, 0.2) is 0 Å². The van der Waals surface area contributed by atoms with Gasteiger partial charge in [0.2, 0.25) is 0 Å². The molecule has 1 aliphatic heterocycles. The van der Waals surface area contributed by atoms with Crippen LogP contribution < -0.4 is 4.74 Å². The Kier molecular flexibility index (Phi) is 4.06. The Hall–Kier alpha value is -1.45. The highest BCUT2D eigenvalue weighted by molar-refractivity contribution is 7.99. The first-order chi connectivity index (χ1) is 9.42. The number of benzene rings is 2. The van der Waals surface area contributed by atoms with Gasteiger partial charge in [-0.05, 0) is 23.3 Å². The van der Waals surface area contributed by atoms with Crippen molar-refractivity contribution in [3.05, 3.63) is 65.7 Å². The molecule has 3 heteroatoms. The van der Waals surface area contributed by atoms with Gasteiger partial charge < -0.3 is 9.47 Å². The molecule has 1 unspecified atom stereocenters. The summed E-state index contributed by atoms with van der Waals surface area (Å²) in [6, 6.07) is 18.4. The molecule has 1 atom stereocenters. The van der Waals surface area contributed by atoms with Crippen molar-refractivity contribution in [2.24, 2.45) is 0 Å². The van der Waals surface area contributed by atoms with Gasteiger partial charge in [0.1, 0.15) is 17.8 Å². The molecule has 0 bridgehead atoms. The molecule has 2 aromatic carbocycles. The van der Waals surface area contributed by atoms with Gasteiger partial charge in [0.25, 0.3) is 0 Å². The monoisotopic (exact) mass is 272 g/mol. The number of thioether (sulfide) groups is 1. The normalized spacial score (nSPS) is 18.4. The van der Waals surface area contributed by atoms with Crippen LogP contribution in [0.4, 0.5) is 0 Å². The highest BCUT2D eigenvalue weighted by Crippen LogP contribution is 2.35. The van der Waals surface area contributed by atoms with Gasteiger partial charge in [-0.2, -0.15) is 0 Å². The van der Waals surface area contributed by atoms with Crippen LogP contribution in [0.3, 0.4) is 0 Å². The quantitative estimate of drug-likeness (QED) is 0.837. The number of ether oxygens (including phenoxy) is 2. The lowest BCUT2D eigenvalue weighted by molar-refractivity contribution is 0.145. The molecule has 0 saturated carbocycles. The SMILES string of the molecule is c1ccc(COc2ccc(C3OCCS3)cc2)cc1. The zero-order valence-corrected chi connectivity index (χ0v) is 11.4. The van der Waals surface area contributed by atoms with Crippen LogP contribution in [-0.2, 0) is 11.3 Å². The fourth-order valence-corrected chi connectivity index (χ4v) is 2.96. The van der Waals surface area contributed by atoms with E-state index < -0.39 is 0 Å². The van der Waals surface area contributed by atoms with E-state index in [4.69, 9.17) is 9.47 Å². The topological polar surface area (TPSA) is 18.5 Å². The minimum absolute atomic E-state index is 0.197. The summed E-state index contributed by atoms with van der Waals surface area (Å²) in [7, 11) is 0. The highest BCUT2D eigenvalue weighted by atomic mass is 32.2. The van der Waals surface area contributed by atoms with Crippen molar-refractivity contribution in [3.63, 3.8) is 0 Å². The zero-order chi connectivity index (χ0) is 12.9. The number of hydrogen-bond acceptors (Lipinski definition) is 3. The molecule has 3 rings (SSSR count). The average molecular weight is 272 g/mol. The van der Waals surface area contributed by atoms with Crippen LogP contribution in [0.15, 0.2) is 54.6 Å². The maximum Gasteiger partial charge on any atom is 0.128 e. The van der Waals surface area contributed by atoms with Gasteiger partial charge in [-0.25, -0.2) is 0 Å². The first-order valence-electron chi connectivity index (χ1n) is 6.42. The zero-order valence-electron chi connectivity index (χ0n) is 10.6. The third-order valence-electron chi connectivity index (χ3n) is 3.02. The van der Waals surface area contributed by atoms with Gasteiger partial charge in [-0.1, -0.05) is 42.5 Å². The lowest BCUT2D eigenvalue weighted by Gasteiger charge is -2.10. The Morgan fingerprint density at radius 2 is 1.84 bits per heavy atom. The Balaban J connectivity index is 1.60. The number of rotatable bonds is 4. The Morgan fingerprint density at radius 1 is 1.05 bits per heavy atom. The minimum Gasteiger partial charge on any atom is -0.489 e. The van der Waals surface area contributed by atoms with Crippen LogP contribution in [0.1, 0.15) is 16.6 Å². The van der Waals surface area contributed by atoms with Gasteiger partial charge in [0, 0.05) is 5.75 Å². The summed E-state index contributed by atoms with van der Waals surface area (Å²) in [4.78, 5) is 0. The van der Waals surface area contributed by atoms with Crippen LogP contribution >= 0.6 is 11.8 Å². The van der Waals surface area contributed by atoms with Gasteiger partial charge in [0.05, 0.1) is 6.61 Å². The lowest BCUT2D eigenvalue weighted by atomic mass is 10.2. The molecular weight excluding hydrogens is 256 g/mol. The highest BCUT2D eigenvalue weighted by Gasteiger charge is 2.17. The van der Waals surface area contributed by atoms with Crippen molar-refractivity contribution in [1.82, 2.24) is 0 Å². The van der Waals surface area contributed by atoms with Crippen molar-refractivity contribution in [2.45, 2.75) is 12.0 Å². The van der Waals surface area contributed by atoms with Gasteiger partial charge in [-0.15, -0.1) is 11.8 Å². The molecule has 0 aliphatic carbocycles. The molecule has 0 amide bonds. The molecule has 2 nitrogen and oxygen atoms in total. The Bertz CT molecular complexity index is 504. The third kappa shape index (κ3) is 3.31. The van der Waals surface area contributed by atoms with Crippen molar-refractivity contribution in [1.29, 1.82) is 0 Å². The molecular formula is C16H16O2S. The molecule has 2 aromatic rings.